The number of hydrogen-bond acceptors (Lipinski definition) is 0. The fraction of sp³-hybridized carbons (Fsp3) is 0.0159. The predicted molar refractivity (Wildman–Crippen MR) is 267 cm³/mol. The molecule has 0 fully saturated rings. The van der Waals surface area contributed by atoms with Crippen LogP contribution in [0.4, 0.5) is 0 Å². The summed E-state index contributed by atoms with van der Waals surface area (Å²) in [6.45, 7) is 0. The van der Waals surface area contributed by atoms with Gasteiger partial charge in [-0.3, -0.25) is 0 Å². The molecule has 0 amide bonds. The molecule has 1 spiro atoms. The van der Waals surface area contributed by atoms with E-state index >= 15 is 0 Å². The van der Waals surface area contributed by atoms with E-state index in [0.717, 1.165) is 0 Å². The smallest absolute Gasteiger partial charge is 0.0622 e. The summed E-state index contributed by atoms with van der Waals surface area (Å²) in [6, 6.07) is 86.6. The standard InChI is InChI=1S/C63H38/c1-2-16-39(17-3-1)43-36-37-54(47-21-7-6-20-46(43)47)60-52-26-10-8-24-50(52)59(51-25-9-11-27-53(51)60)42-32-33-45-41(38-42)31-35-56-55-34-30-40-18-4-5-19-44(40)61(55)63(62(45)56)57-28-14-12-22-48(57)49-23-13-15-29-58(49)63/h1-38H. The summed E-state index contributed by atoms with van der Waals surface area (Å²) in [7, 11) is 0. The van der Waals surface area contributed by atoms with Gasteiger partial charge in [-0.05, 0) is 138 Å². The number of rotatable bonds is 3. The second-order valence-corrected chi connectivity index (χ2v) is 17.4. The molecule has 0 unspecified atom stereocenters. The Labute approximate surface area is 366 Å². The summed E-state index contributed by atoms with van der Waals surface area (Å²) in [5, 5.41) is 12.7. The first-order chi connectivity index (χ1) is 31.3. The summed E-state index contributed by atoms with van der Waals surface area (Å²) in [6.07, 6.45) is 0. The fourth-order valence-electron chi connectivity index (χ4n) is 12.0. The van der Waals surface area contributed by atoms with Gasteiger partial charge in [0.1, 0.15) is 0 Å². The van der Waals surface area contributed by atoms with Gasteiger partial charge < -0.3 is 0 Å². The van der Waals surface area contributed by atoms with Crippen molar-refractivity contribution >= 4 is 53.9 Å². The first-order valence-corrected chi connectivity index (χ1v) is 22.1. The topological polar surface area (TPSA) is 0 Å². The Kier molecular flexibility index (Phi) is 7.13. The zero-order valence-corrected chi connectivity index (χ0v) is 34.4. The first-order valence-electron chi connectivity index (χ1n) is 22.1. The highest BCUT2D eigenvalue weighted by Crippen LogP contribution is 2.65. The van der Waals surface area contributed by atoms with Gasteiger partial charge in [-0.2, -0.15) is 0 Å². The van der Waals surface area contributed by atoms with Crippen LogP contribution in [0.25, 0.3) is 109 Å². The van der Waals surface area contributed by atoms with E-state index < -0.39 is 5.41 Å². The Morgan fingerprint density at radius 2 is 0.667 bits per heavy atom. The minimum atomic E-state index is -0.459. The monoisotopic (exact) mass is 794 g/mol. The van der Waals surface area contributed by atoms with E-state index in [4.69, 9.17) is 0 Å². The van der Waals surface area contributed by atoms with Crippen molar-refractivity contribution in [3.05, 3.63) is 253 Å². The third kappa shape index (κ3) is 4.60. The van der Waals surface area contributed by atoms with Crippen LogP contribution >= 0.6 is 0 Å². The Hall–Kier alpha value is -8.06. The van der Waals surface area contributed by atoms with Crippen LogP contribution in [0, 0.1) is 0 Å². The fourth-order valence-corrected chi connectivity index (χ4v) is 12.0. The molecule has 0 saturated heterocycles. The molecule has 0 aliphatic heterocycles. The van der Waals surface area contributed by atoms with Crippen LogP contribution in [0.2, 0.25) is 0 Å². The molecule has 0 nitrogen and oxygen atoms in total. The number of fused-ring (bicyclic) bond motifs is 17. The van der Waals surface area contributed by atoms with Crippen LogP contribution < -0.4 is 0 Å². The molecule has 0 heteroatoms. The number of benzene rings is 12. The molecule has 2 aliphatic rings. The molecule has 63 heavy (non-hydrogen) atoms. The molecular weight excluding hydrogens is 757 g/mol. The predicted octanol–water partition coefficient (Wildman–Crippen LogP) is 16.8. The summed E-state index contributed by atoms with van der Waals surface area (Å²) in [5.74, 6) is 0. The SMILES string of the molecule is c1ccc(-c2ccc(-c3c4ccccc4c(-c4ccc5c6c(ccc5c4)-c4ccc5ccccc5c4C64c5ccccc5-c5ccccc54)c4ccccc34)c3ccccc23)cc1. The van der Waals surface area contributed by atoms with Gasteiger partial charge in [0.05, 0.1) is 5.41 Å². The van der Waals surface area contributed by atoms with Crippen molar-refractivity contribution in [2.75, 3.05) is 0 Å². The summed E-state index contributed by atoms with van der Waals surface area (Å²) in [4.78, 5) is 0. The maximum absolute atomic E-state index is 2.47. The van der Waals surface area contributed by atoms with Crippen LogP contribution in [-0.4, -0.2) is 0 Å². The Morgan fingerprint density at radius 1 is 0.222 bits per heavy atom. The van der Waals surface area contributed by atoms with Crippen LogP contribution in [-0.2, 0) is 5.41 Å². The van der Waals surface area contributed by atoms with Gasteiger partial charge >= 0.3 is 0 Å². The van der Waals surface area contributed by atoms with Gasteiger partial charge in [-0.25, -0.2) is 0 Å². The highest BCUT2D eigenvalue weighted by molar-refractivity contribution is 6.24. The Morgan fingerprint density at radius 3 is 1.30 bits per heavy atom. The van der Waals surface area contributed by atoms with Crippen molar-refractivity contribution in [2.24, 2.45) is 0 Å². The van der Waals surface area contributed by atoms with E-state index in [0.29, 0.717) is 0 Å². The van der Waals surface area contributed by atoms with Crippen LogP contribution in [0.15, 0.2) is 231 Å². The van der Waals surface area contributed by atoms with Gasteiger partial charge in [0.25, 0.3) is 0 Å². The van der Waals surface area contributed by atoms with E-state index in [1.54, 1.807) is 0 Å². The van der Waals surface area contributed by atoms with Gasteiger partial charge in [0.2, 0.25) is 0 Å². The lowest BCUT2D eigenvalue weighted by molar-refractivity contribution is 0.809. The van der Waals surface area contributed by atoms with Crippen molar-refractivity contribution in [3.8, 4) is 55.6 Å². The molecule has 0 atom stereocenters. The van der Waals surface area contributed by atoms with Crippen molar-refractivity contribution in [1.82, 2.24) is 0 Å². The van der Waals surface area contributed by atoms with Crippen LogP contribution in [0.3, 0.4) is 0 Å². The lowest BCUT2D eigenvalue weighted by atomic mass is 9.68. The lowest BCUT2D eigenvalue weighted by Gasteiger charge is -2.32. The lowest BCUT2D eigenvalue weighted by Crippen LogP contribution is -2.26. The maximum Gasteiger partial charge on any atom is 0.0737 e. The van der Waals surface area contributed by atoms with Crippen molar-refractivity contribution in [2.45, 2.75) is 5.41 Å². The highest BCUT2D eigenvalue weighted by atomic mass is 14.5. The molecule has 0 aromatic heterocycles. The van der Waals surface area contributed by atoms with E-state index in [1.165, 1.54) is 132 Å². The second kappa shape index (κ2) is 13.0. The molecular formula is C63H38. The molecule has 14 rings (SSSR count). The summed E-state index contributed by atoms with van der Waals surface area (Å²) < 4.78 is 0. The molecule has 0 radical (unpaired) electrons. The Balaban J connectivity index is 1.04. The average Bonchev–Trinajstić information content (AvgIpc) is 3.83. The zero-order valence-electron chi connectivity index (χ0n) is 34.4. The minimum absolute atomic E-state index is 0.459. The molecule has 290 valence electrons. The van der Waals surface area contributed by atoms with E-state index in [9.17, 15) is 0 Å². The zero-order chi connectivity index (χ0) is 41.2. The van der Waals surface area contributed by atoms with Crippen LogP contribution in [0.1, 0.15) is 22.3 Å². The molecule has 0 bridgehead atoms. The molecule has 0 N–H and O–H groups in total. The first kappa shape index (κ1) is 34.6. The summed E-state index contributed by atoms with van der Waals surface area (Å²) in [5.41, 5.74) is 17.9. The van der Waals surface area contributed by atoms with Gasteiger partial charge in [0.15, 0.2) is 0 Å². The van der Waals surface area contributed by atoms with E-state index in [-0.39, 0.29) is 0 Å². The van der Waals surface area contributed by atoms with Crippen molar-refractivity contribution in [3.63, 3.8) is 0 Å². The third-order valence-electron chi connectivity index (χ3n) is 14.4. The van der Waals surface area contributed by atoms with E-state index in [2.05, 4.69) is 231 Å². The molecule has 0 heterocycles. The average molecular weight is 795 g/mol. The quantitative estimate of drug-likeness (QED) is 0.156. The van der Waals surface area contributed by atoms with Gasteiger partial charge in [0, 0.05) is 0 Å². The highest BCUT2D eigenvalue weighted by Gasteiger charge is 2.53. The minimum Gasteiger partial charge on any atom is -0.0622 e. The summed E-state index contributed by atoms with van der Waals surface area (Å²) >= 11 is 0. The third-order valence-corrected chi connectivity index (χ3v) is 14.4. The molecule has 0 saturated carbocycles. The maximum atomic E-state index is 2.47. The van der Waals surface area contributed by atoms with E-state index in [1.807, 2.05) is 0 Å². The molecule has 12 aromatic carbocycles. The molecule has 12 aromatic rings. The normalized spacial score (nSPS) is 13.2. The van der Waals surface area contributed by atoms with Gasteiger partial charge in [-0.1, -0.05) is 224 Å². The Bertz CT molecular complexity index is 3800. The second-order valence-electron chi connectivity index (χ2n) is 17.4. The largest absolute Gasteiger partial charge is 0.0737 e. The molecule has 2 aliphatic carbocycles. The van der Waals surface area contributed by atoms with Crippen molar-refractivity contribution < 1.29 is 0 Å². The van der Waals surface area contributed by atoms with Crippen molar-refractivity contribution in [1.29, 1.82) is 0 Å². The number of hydrogen-bond donors (Lipinski definition) is 0. The van der Waals surface area contributed by atoms with Gasteiger partial charge in [-0.15, -0.1) is 0 Å². The van der Waals surface area contributed by atoms with Crippen LogP contribution in [0.5, 0.6) is 0 Å².